The standard InChI is InChI=1S/C77H144O6/c1-4-7-10-13-16-19-22-25-28-30-31-32-33-34-35-36-37-38-39-40-41-42-43-44-45-46-47-48-50-52-55-58-61-64-67-70-76(79)82-73-74(72-81-75(78)69-66-63-60-57-54-51-27-24-21-18-15-12-9-6-3)83-77(80)71-68-65-62-59-56-53-49-29-26-23-20-17-14-11-8-5-2/h20,23-24,27,29,49,74H,4-19,21-22,25-26,28,30-48,50-73H2,1-3H3/b23-20-,27-24-,49-29-. The fraction of sp³-hybridized carbons (Fsp3) is 0.883. The molecule has 488 valence electrons. The van der Waals surface area contributed by atoms with Crippen molar-refractivity contribution in [1.82, 2.24) is 0 Å². The highest BCUT2D eigenvalue weighted by Crippen LogP contribution is 2.19. The highest BCUT2D eigenvalue weighted by Gasteiger charge is 2.19. The van der Waals surface area contributed by atoms with Crippen molar-refractivity contribution in [2.24, 2.45) is 0 Å². The van der Waals surface area contributed by atoms with E-state index < -0.39 is 6.10 Å². The van der Waals surface area contributed by atoms with Crippen LogP contribution in [0.1, 0.15) is 419 Å². The van der Waals surface area contributed by atoms with Gasteiger partial charge in [-0.2, -0.15) is 0 Å². The van der Waals surface area contributed by atoms with Crippen LogP contribution < -0.4 is 0 Å². The van der Waals surface area contributed by atoms with E-state index >= 15 is 0 Å². The van der Waals surface area contributed by atoms with Crippen LogP contribution in [0, 0.1) is 0 Å². The lowest BCUT2D eigenvalue weighted by molar-refractivity contribution is -0.167. The summed E-state index contributed by atoms with van der Waals surface area (Å²) in [5.74, 6) is -0.873. The number of esters is 3. The van der Waals surface area contributed by atoms with Gasteiger partial charge < -0.3 is 14.2 Å². The molecule has 0 aliphatic rings. The van der Waals surface area contributed by atoms with E-state index in [1.54, 1.807) is 0 Å². The van der Waals surface area contributed by atoms with Gasteiger partial charge in [0.05, 0.1) is 0 Å². The fourth-order valence-corrected chi connectivity index (χ4v) is 11.5. The van der Waals surface area contributed by atoms with Gasteiger partial charge in [0.2, 0.25) is 0 Å². The summed E-state index contributed by atoms with van der Waals surface area (Å²) in [6.07, 6.45) is 90.7. The molecule has 1 unspecified atom stereocenters. The quantitative estimate of drug-likeness (QED) is 0.0261. The minimum absolute atomic E-state index is 0.0763. The Hall–Kier alpha value is -2.37. The maximum atomic E-state index is 12.9. The molecule has 1 atom stereocenters. The molecule has 0 aliphatic heterocycles. The molecule has 83 heavy (non-hydrogen) atoms. The zero-order valence-electron chi connectivity index (χ0n) is 56.2. The summed E-state index contributed by atoms with van der Waals surface area (Å²) in [5, 5.41) is 0. The minimum Gasteiger partial charge on any atom is -0.462 e. The third kappa shape index (κ3) is 70.3. The monoisotopic (exact) mass is 1170 g/mol. The molecule has 6 heteroatoms. The smallest absolute Gasteiger partial charge is 0.306 e. The summed E-state index contributed by atoms with van der Waals surface area (Å²) >= 11 is 0. The molecule has 0 bridgehead atoms. The van der Waals surface area contributed by atoms with Gasteiger partial charge in [-0.15, -0.1) is 0 Å². The number of hydrogen-bond donors (Lipinski definition) is 0. The molecular formula is C77H144O6. The second kappa shape index (κ2) is 72.1. The van der Waals surface area contributed by atoms with Crippen molar-refractivity contribution in [3.63, 3.8) is 0 Å². The Labute approximate surface area is 518 Å². The van der Waals surface area contributed by atoms with Crippen molar-refractivity contribution < 1.29 is 28.6 Å². The van der Waals surface area contributed by atoms with Crippen LogP contribution in [0.25, 0.3) is 0 Å². The number of ether oxygens (including phenoxy) is 3. The summed E-state index contributed by atoms with van der Waals surface area (Å²) in [6.45, 7) is 6.67. The van der Waals surface area contributed by atoms with Crippen LogP contribution in [0.4, 0.5) is 0 Å². The molecule has 0 saturated heterocycles. The van der Waals surface area contributed by atoms with E-state index in [2.05, 4.69) is 57.2 Å². The van der Waals surface area contributed by atoms with Gasteiger partial charge in [-0.1, -0.05) is 359 Å². The van der Waals surface area contributed by atoms with Gasteiger partial charge in [0.1, 0.15) is 13.2 Å². The number of carbonyl (C=O) groups is 3. The predicted octanol–water partition coefficient (Wildman–Crippen LogP) is 25.9. The van der Waals surface area contributed by atoms with Crippen LogP contribution in [0.5, 0.6) is 0 Å². The van der Waals surface area contributed by atoms with Crippen molar-refractivity contribution in [3.05, 3.63) is 36.5 Å². The predicted molar refractivity (Wildman–Crippen MR) is 362 cm³/mol. The average Bonchev–Trinajstić information content (AvgIpc) is 3.50. The maximum absolute atomic E-state index is 12.9. The second-order valence-corrected chi connectivity index (χ2v) is 25.6. The average molecular weight is 1170 g/mol. The van der Waals surface area contributed by atoms with E-state index in [0.29, 0.717) is 19.3 Å². The van der Waals surface area contributed by atoms with E-state index in [1.807, 2.05) is 0 Å². The van der Waals surface area contributed by atoms with E-state index in [9.17, 15) is 14.4 Å². The second-order valence-electron chi connectivity index (χ2n) is 25.6. The summed E-state index contributed by atoms with van der Waals surface area (Å²) in [6, 6.07) is 0. The summed E-state index contributed by atoms with van der Waals surface area (Å²) in [5.41, 5.74) is 0. The third-order valence-corrected chi connectivity index (χ3v) is 17.1. The molecule has 6 nitrogen and oxygen atoms in total. The third-order valence-electron chi connectivity index (χ3n) is 17.1. The normalized spacial score (nSPS) is 12.2. The zero-order valence-corrected chi connectivity index (χ0v) is 56.2. The van der Waals surface area contributed by atoms with Gasteiger partial charge in [-0.3, -0.25) is 14.4 Å². The van der Waals surface area contributed by atoms with Crippen LogP contribution in [0.15, 0.2) is 36.5 Å². The molecule has 0 amide bonds. The lowest BCUT2D eigenvalue weighted by Gasteiger charge is -2.18. The minimum atomic E-state index is -0.782. The first-order valence-corrected chi connectivity index (χ1v) is 37.5. The topological polar surface area (TPSA) is 78.9 Å². The zero-order chi connectivity index (χ0) is 59.9. The highest BCUT2D eigenvalue weighted by atomic mass is 16.6. The molecule has 0 rings (SSSR count). The van der Waals surface area contributed by atoms with Crippen LogP contribution >= 0.6 is 0 Å². The highest BCUT2D eigenvalue weighted by molar-refractivity contribution is 5.71. The van der Waals surface area contributed by atoms with Crippen molar-refractivity contribution in [2.45, 2.75) is 425 Å². The fourth-order valence-electron chi connectivity index (χ4n) is 11.5. The Kier molecular flexibility index (Phi) is 70.0. The molecule has 0 aromatic rings. The van der Waals surface area contributed by atoms with Crippen molar-refractivity contribution >= 4 is 17.9 Å². The van der Waals surface area contributed by atoms with Gasteiger partial charge in [0.15, 0.2) is 6.10 Å². The van der Waals surface area contributed by atoms with E-state index in [0.717, 1.165) is 89.9 Å². The first-order valence-electron chi connectivity index (χ1n) is 37.5. The first kappa shape index (κ1) is 80.6. The summed E-state index contributed by atoms with van der Waals surface area (Å²) in [4.78, 5) is 38.4. The Balaban J connectivity index is 4.07. The Bertz CT molecular complexity index is 1380. The van der Waals surface area contributed by atoms with Crippen LogP contribution in [-0.4, -0.2) is 37.2 Å². The number of allylic oxidation sites excluding steroid dienone is 6. The van der Waals surface area contributed by atoms with Gasteiger partial charge in [-0.05, 0) is 77.0 Å². The van der Waals surface area contributed by atoms with Crippen LogP contribution in [-0.2, 0) is 28.6 Å². The van der Waals surface area contributed by atoms with Gasteiger partial charge >= 0.3 is 17.9 Å². The molecule has 0 saturated carbocycles. The molecule has 0 aromatic heterocycles. The number of unbranched alkanes of at least 4 members (excludes halogenated alkanes) is 53. The number of carbonyl (C=O) groups excluding carboxylic acids is 3. The molecule has 0 fully saturated rings. The SMILES string of the molecule is CCCCCC/C=C\C/C=C\CCCCCCCC(=O)OC(COC(=O)CCCCCCC/C=C\CCCCCCC)COC(=O)CCCCCCCCCCCCCCCCCCCCCCCCCCCCCCCCCCCCC. The molecule has 0 radical (unpaired) electrons. The summed E-state index contributed by atoms with van der Waals surface area (Å²) in [7, 11) is 0. The molecule has 0 aliphatic carbocycles. The lowest BCUT2D eigenvalue weighted by Crippen LogP contribution is -2.30. The van der Waals surface area contributed by atoms with E-state index in [1.165, 1.54) is 289 Å². The van der Waals surface area contributed by atoms with E-state index in [-0.39, 0.29) is 31.1 Å². The van der Waals surface area contributed by atoms with Crippen molar-refractivity contribution in [3.8, 4) is 0 Å². The Morgan fingerprint density at radius 2 is 0.434 bits per heavy atom. The summed E-state index contributed by atoms with van der Waals surface area (Å²) < 4.78 is 17.0. The van der Waals surface area contributed by atoms with Crippen molar-refractivity contribution in [2.75, 3.05) is 13.2 Å². The molecule has 0 spiro atoms. The van der Waals surface area contributed by atoms with Crippen molar-refractivity contribution in [1.29, 1.82) is 0 Å². The molecule has 0 heterocycles. The Morgan fingerprint density at radius 1 is 0.241 bits per heavy atom. The largest absolute Gasteiger partial charge is 0.462 e. The molecular weight excluding hydrogens is 1020 g/mol. The number of hydrogen-bond acceptors (Lipinski definition) is 6. The van der Waals surface area contributed by atoms with Crippen LogP contribution in [0.2, 0.25) is 0 Å². The number of rotatable bonds is 70. The van der Waals surface area contributed by atoms with Gasteiger partial charge in [0, 0.05) is 19.3 Å². The van der Waals surface area contributed by atoms with E-state index in [4.69, 9.17) is 14.2 Å². The molecule has 0 N–H and O–H groups in total. The Morgan fingerprint density at radius 3 is 0.687 bits per heavy atom. The first-order chi connectivity index (χ1) is 41.0. The van der Waals surface area contributed by atoms with Crippen LogP contribution in [0.3, 0.4) is 0 Å². The maximum Gasteiger partial charge on any atom is 0.306 e. The van der Waals surface area contributed by atoms with Gasteiger partial charge in [-0.25, -0.2) is 0 Å². The van der Waals surface area contributed by atoms with Gasteiger partial charge in [0.25, 0.3) is 0 Å². The molecule has 0 aromatic carbocycles. The lowest BCUT2D eigenvalue weighted by atomic mass is 10.0.